The molecule has 9 heteroatoms. The van der Waals surface area contributed by atoms with Gasteiger partial charge in [-0.3, -0.25) is 4.79 Å². The van der Waals surface area contributed by atoms with Crippen molar-refractivity contribution < 1.29 is 37.3 Å². The van der Waals surface area contributed by atoms with Gasteiger partial charge in [0, 0.05) is 7.11 Å². The zero-order chi connectivity index (χ0) is 13.2. The van der Waals surface area contributed by atoms with Crippen LogP contribution in [0.3, 0.4) is 0 Å². The first kappa shape index (κ1) is 13.7. The van der Waals surface area contributed by atoms with Gasteiger partial charge in [-0.25, -0.2) is 4.79 Å². The Kier molecular flexibility index (Phi) is 3.94. The maximum atomic E-state index is 12.2. The van der Waals surface area contributed by atoms with Crippen LogP contribution in [0.25, 0.3) is 0 Å². The van der Waals surface area contributed by atoms with Gasteiger partial charge in [-0.15, -0.1) is 0 Å². The third-order valence-corrected chi connectivity index (χ3v) is 2.14. The number of halogens is 3. The summed E-state index contributed by atoms with van der Waals surface area (Å²) >= 11 is 0. The SMILES string of the molecule is CO[C@@H]1CN(C(=O)C(F)(F)F)C[C@@H](C(=O)O)O1. The number of morpholine rings is 1. The molecule has 0 saturated carbocycles. The fourth-order valence-corrected chi connectivity index (χ4v) is 1.34. The van der Waals surface area contributed by atoms with E-state index in [2.05, 4.69) is 4.74 Å². The van der Waals surface area contributed by atoms with Crippen molar-refractivity contribution in [2.75, 3.05) is 20.2 Å². The van der Waals surface area contributed by atoms with Crippen molar-refractivity contribution in [3.8, 4) is 0 Å². The van der Waals surface area contributed by atoms with Crippen molar-refractivity contribution >= 4 is 11.9 Å². The Hall–Kier alpha value is -1.35. The fourth-order valence-electron chi connectivity index (χ4n) is 1.34. The van der Waals surface area contributed by atoms with E-state index >= 15 is 0 Å². The van der Waals surface area contributed by atoms with Crippen LogP contribution < -0.4 is 0 Å². The molecule has 1 N–H and O–H groups in total. The molecule has 0 bridgehead atoms. The highest BCUT2D eigenvalue weighted by atomic mass is 19.4. The third kappa shape index (κ3) is 3.30. The summed E-state index contributed by atoms with van der Waals surface area (Å²) in [7, 11) is 1.14. The first-order valence-corrected chi connectivity index (χ1v) is 4.53. The number of hydrogen-bond acceptors (Lipinski definition) is 4. The number of hydrogen-bond donors (Lipinski definition) is 1. The highest BCUT2D eigenvalue weighted by molar-refractivity contribution is 5.83. The van der Waals surface area contributed by atoms with E-state index < -0.39 is 43.5 Å². The number of carboxylic acid groups (broad SMARTS) is 1. The smallest absolute Gasteiger partial charge is 0.471 e. The van der Waals surface area contributed by atoms with Gasteiger partial charge in [0.15, 0.2) is 12.4 Å². The molecule has 0 aromatic carbocycles. The third-order valence-electron chi connectivity index (χ3n) is 2.14. The lowest BCUT2D eigenvalue weighted by molar-refractivity contribution is -0.224. The summed E-state index contributed by atoms with van der Waals surface area (Å²) in [5.74, 6) is -3.55. The van der Waals surface area contributed by atoms with Crippen molar-refractivity contribution in [2.24, 2.45) is 0 Å². The average molecular weight is 257 g/mol. The normalized spacial score (nSPS) is 25.8. The monoisotopic (exact) mass is 257 g/mol. The van der Waals surface area contributed by atoms with Crippen LogP contribution in [0.1, 0.15) is 0 Å². The number of carboxylic acids is 1. The molecule has 1 heterocycles. The Bertz CT molecular complexity index is 319. The van der Waals surface area contributed by atoms with Gasteiger partial charge >= 0.3 is 18.1 Å². The lowest BCUT2D eigenvalue weighted by Gasteiger charge is -2.35. The van der Waals surface area contributed by atoms with E-state index in [1.807, 2.05) is 0 Å². The maximum Gasteiger partial charge on any atom is 0.471 e. The first-order valence-electron chi connectivity index (χ1n) is 4.53. The summed E-state index contributed by atoms with van der Waals surface area (Å²) in [5, 5.41) is 8.65. The largest absolute Gasteiger partial charge is 0.479 e. The molecule has 1 aliphatic heterocycles. The predicted molar refractivity (Wildman–Crippen MR) is 45.9 cm³/mol. The van der Waals surface area contributed by atoms with E-state index in [1.54, 1.807) is 0 Å². The number of carbonyl (C=O) groups is 2. The summed E-state index contributed by atoms with van der Waals surface area (Å²) in [5.41, 5.74) is 0. The number of amides is 1. The molecule has 0 unspecified atom stereocenters. The standard InChI is InChI=1S/C8H10F3NO5/c1-16-5-3-12(7(15)8(9,10)11)2-4(17-5)6(13)14/h4-5H,2-3H2,1H3,(H,13,14)/t4-,5-/m0/s1. The Labute approximate surface area is 93.9 Å². The molecular formula is C8H10F3NO5. The summed E-state index contributed by atoms with van der Waals surface area (Å²) in [6.07, 6.45) is -7.75. The number of carbonyl (C=O) groups excluding carboxylic acids is 1. The number of rotatable bonds is 2. The van der Waals surface area contributed by atoms with E-state index in [1.165, 1.54) is 0 Å². The Balaban J connectivity index is 2.79. The second-order valence-electron chi connectivity index (χ2n) is 3.34. The molecule has 1 rings (SSSR count). The van der Waals surface area contributed by atoms with Crippen molar-refractivity contribution in [1.82, 2.24) is 4.90 Å². The molecule has 0 aromatic rings. The second-order valence-corrected chi connectivity index (χ2v) is 3.34. The molecule has 1 amide bonds. The van der Waals surface area contributed by atoms with E-state index in [0.717, 1.165) is 7.11 Å². The fraction of sp³-hybridized carbons (Fsp3) is 0.750. The summed E-state index contributed by atoms with van der Waals surface area (Å²) < 4.78 is 45.9. The van der Waals surface area contributed by atoms with Crippen LogP contribution in [0, 0.1) is 0 Å². The summed E-state index contributed by atoms with van der Waals surface area (Å²) in [6, 6.07) is 0. The highest BCUT2D eigenvalue weighted by Crippen LogP contribution is 2.22. The van der Waals surface area contributed by atoms with Crippen LogP contribution in [0.5, 0.6) is 0 Å². The Morgan fingerprint density at radius 3 is 2.41 bits per heavy atom. The quantitative estimate of drug-likeness (QED) is 0.743. The van der Waals surface area contributed by atoms with Gasteiger partial charge in [0.05, 0.1) is 13.1 Å². The summed E-state index contributed by atoms with van der Waals surface area (Å²) in [4.78, 5) is 21.9. The van der Waals surface area contributed by atoms with Gasteiger partial charge in [-0.1, -0.05) is 0 Å². The van der Waals surface area contributed by atoms with Crippen LogP contribution in [0.15, 0.2) is 0 Å². The summed E-state index contributed by atoms with van der Waals surface area (Å²) in [6.45, 7) is -1.12. The molecule has 1 fully saturated rings. The van der Waals surface area contributed by atoms with Gasteiger partial charge in [0.2, 0.25) is 0 Å². The molecule has 1 aliphatic rings. The van der Waals surface area contributed by atoms with Crippen LogP contribution in [-0.2, 0) is 19.1 Å². The molecule has 2 atom stereocenters. The van der Waals surface area contributed by atoms with Crippen LogP contribution in [-0.4, -0.2) is 60.7 Å². The Morgan fingerprint density at radius 2 is 2.00 bits per heavy atom. The van der Waals surface area contributed by atoms with E-state index in [0.29, 0.717) is 4.90 Å². The molecule has 0 radical (unpaired) electrons. The van der Waals surface area contributed by atoms with Crippen molar-refractivity contribution in [2.45, 2.75) is 18.6 Å². The van der Waals surface area contributed by atoms with Crippen LogP contribution in [0.2, 0.25) is 0 Å². The first-order chi connectivity index (χ1) is 7.75. The van der Waals surface area contributed by atoms with Gasteiger partial charge in [-0.05, 0) is 0 Å². The van der Waals surface area contributed by atoms with Gasteiger partial charge in [-0.2, -0.15) is 13.2 Å². The van der Waals surface area contributed by atoms with Crippen LogP contribution >= 0.6 is 0 Å². The average Bonchev–Trinajstić information content (AvgIpc) is 2.26. The van der Waals surface area contributed by atoms with Gasteiger partial charge < -0.3 is 19.5 Å². The van der Waals surface area contributed by atoms with E-state index in [9.17, 15) is 22.8 Å². The minimum absolute atomic E-state index is 0.358. The predicted octanol–water partition coefficient (Wildman–Crippen LogP) is -0.167. The van der Waals surface area contributed by atoms with Crippen molar-refractivity contribution in [3.05, 3.63) is 0 Å². The molecule has 98 valence electrons. The molecule has 1 saturated heterocycles. The molecule has 0 aliphatic carbocycles. The Morgan fingerprint density at radius 1 is 1.41 bits per heavy atom. The van der Waals surface area contributed by atoms with E-state index in [-0.39, 0.29) is 0 Å². The molecular weight excluding hydrogens is 247 g/mol. The highest BCUT2D eigenvalue weighted by Gasteiger charge is 2.46. The molecule has 17 heavy (non-hydrogen) atoms. The van der Waals surface area contributed by atoms with E-state index in [4.69, 9.17) is 9.84 Å². The zero-order valence-corrected chi connectivity index (χ0v) is 8.73. The number of alkyl halides is 3. The van der Waals surface area contributed by atoms with Crippen LogP contribution in [0.4, 0.5) is 13.2 Å². The molecule has 0 spiro atoms. The molecule has 0 aromatic heterocycles. The minimum Gasteiger partial charge on any atom is -0.479 e. The van der Waals surface area contributed by atoms with Gasteiger partial charge in [0.1, 0.15) is 0 Å². The number of methoxy groups -OCH3 is 1. The topological polar surface area (TPSA) is 76.1 Å². The van der Waals surface area contributed by atoms with Crippen molar-refractivity contribution in [3.63, 3.8) is 0 Å². The lowest BCUT2D eigenvalue weighted by atomic mass is 10.2. The molecule has 6 nitrogen and oxygen atoms in total. The van der Waals surface area contributed by atoms with Crippen molar-refractivity contribution in [1.29, 1.82) is 0 Å². The lowest BCUT2D eigenvalue weighted by Crippen LogP contribution is -2.56. The number of nitrogens with zero attached hydrogens (tertiary/aromatic N) is 1. The zero-order valence-electron chi connectivity index (χ0n) is 8.73. The van der Waals surface area contributed by atoms with Gasteiger partial charge in [0.25, 0.3) is 0 Å². The second kappa shape index (κ2) is 4.88. The minimum atomic E-state index is -5.04. The number of ether oxygens (including phenoxy) is 2. The number of aliphatic carboxylic acids is 1. The maximum absolute atomic E-state index is 12.2.